The van der Waals surface area contributed by atoms with Gasteiger partial charge in [0.15, 0.2) is 16.9 Å². The smallest absolute Gasteiger partial charge is 0.196 e. The van der Waals surface area contributed by atoms with Gasteiger partial charge in [0.25, 0.3) is 0 Å². The summed E-state index contributed by atoms with van der Waals surface area (Å²) >= 11 is 3.28. The van der Waals surface area contributed by atoms with E-state index < -0.39 is 6.10 Å². The highest BCUT2D eigenvalue weighted by atomic mass is 79.9. The van der Waals surface area contributed by atoms with Gasteiger partial charge < -0.3 is 9.15 Å². The van der Waals surface area contributed by atoms with E-state index in [2.05, 4.69) is 32.1 Å². The summed E-state index contributed by atoms with van der Waals surface area (Å²) in [4.78, 5) is 17.6. The van der Waals surface area contributed by atoms with Gasteiger partial charge in [-0.25, -0.2) is 4.98 Å². The van der Waals surface area contributed by atoms with E-state index in [9.17, 15) is 10.1 Å². The van der Waals surface area contributed by atoms with Crippen LogP contribution in [0.5, 0.6) is 5.75 Å². The molecular formula is C27H21BrN4O3. The number of rotatable bonds is 4. The Balaban J connectivity index is 1.68. The van der Waals surface area contributed by atoms with Crippen LogP contribution in [0.3, 0.4) is 0 Å². The van der Waals surface area contributed by atoms with Crippen LogP contribution in [-0.2, 0) is 7.05 Å². The number of fused-ring (bicyclic) bond motifs is 2. The minimum absolute atomic E-state index is 0.0901. The molecule has 0 saturated carbocycles. The average Bonchev–Trinajstić information content (AvgIpc) is 3.21. The van der Waals surface area contributed by atoms with Crippen molar-refractivity contribution in [3.63, 3.8) is 0 Å². The first-order valence-electron chi connectivity index (χ1n) is 11.0. The second kappa shape index (κ2) is 8.67. The normalized spacial score (nSPS) is 12.1. The summed E-state index contributed by atoms with van der Waals surface area (Å²) < 4.78 is 14.9. The molecule has 3 heterocycles. The van der Waals surface area contributed by atoms with Crippen molar-refractivity contribution in [2.24, 2.45) is 7.05 Å². The van der Waals surface area contributed by atoms with Crippen molar-refractivity contribution in [1.29, 1.82) is 5.26 Å². The first-order chi connectivity index (χ1) is 16.7. The summed E-state index contributed by atoms with van der Waals surface area (Å²) in [5, 5.41) is 15.3. The number of nitriles is 1. The molecule has 0 saturated heterocycles. The largest absolute Gasteiger partial charge is 0.483 e. The molecule has 0 amide bonds. The summed E-state index contributed by atoms with van der Waals surface area (Å²) in [7, 11) is 1.87. The van der Waals surface area contributed by atoms with E-state index in [-0.39, 0.29) is 11.1 Å². The van der Waals surface area contributed by atoms with Crippen molar-refractivity contribution in [3.05, 3.63) is 85.9 Å². The van der Waals surface area contributed by atoms with E-state index in [4.69, 9.17) is 9.15 Å². The van der Waals surface area contributed by atoms with Crippen LogP contribution < -0.4 is 10.2 Å². The Bertz CT molecular complexity index is 1730. The number of hydrogen-bond donors (Lipinski definition) is 0. The molecule has 7 nitrogen and oxygen atoms in total. The molecule has 5 rings (SSSR count). The number of pyridine rings is 1. The number of halogens is 1. The first-order valence-corrected chi connectivity index (χ1v) is 11.8. The molecule has 1 atom stereocenters. The second-order valence-corrected chi connectivity index (χ2v) is 9.36. The minimum Gasteiger partial charge on any atom is -0.483 e. The van der Waals surface area contributed by atoms with Crippen molar-refractivity contribution in [3.8, 4) is 23.1 Å². The molecule has 174 valence electrons. The lowest BCUT2D eigenvalue weighted by molar-refractivity contribution is 0.225. The van der Waals surface area contributed by atoms with Crippen molar-refractivity contribution in [2.45, 2.75) is 26.9 Å². The molecule has 35 heavy (non-hydrogen) atoms. The molecule has 0 aliphatic heterocycles. The van der Waals surface area contributed by atoms with Gasteiger partial charge in [0.2, 0.25) is 0 Å². The third kappa shape index (κ3) is 4.08. The van der Waals surface area contributed by atoms with Crippen molar-refractivity contribution >= 4 is 37.8 Å². The molecule has 3 aromatic heterocycles. The molecule has 0 fully saturated rings. The van der Waals surface area contributed by atoms with Crippen molar-refractivity contribution in [2.75, 3.05) is 0 Å². The third-order valence-corrected chi connectivity index (χ3v) is 6.39. The molecule has 0 spiro atoms. The van der Waals surface area contributed by atoms with Crippen LogP contribution in [0.15, 0.2) is 62.5 Å². The minimum atomic E-state index is -0.507. The van der Waals surface area contributed by atoms with Crippen molar-refractivity contribution in [1.82, 2.24) is 14.8 Å². The maximum absolute atomic E-state index is 13.4. The van der Waals surface area contributed by atoms with E-state index in [0.717, 1.165) is 22.0 Å². The number of hydrogen-bond acceptors (Lipinski definition) is 6. The maximum atomic E-state index is 13.4. The summed E-state index contributed by atoms with van der Waals surface area (Å²) in [5.74, 6) is 0.864. The fourth-order valence-corrected chi connectivity index (χ4v) is 4.60. The van der Waals surface area contributed by atoms with Gasteiger partial charge in [-0.2, -0.15) is 10.4 Å². The molecule has 0 aliphatic rings. The van der Waals surface area contributed by atoms with Crippen LogP contribution in [0.25, 0.3) is 33.2 Å². The number of ether oxygens (including phenoxy) is 1. The molecule has 0 N–H and O–H groups in total. The quantitative estimate of drug-likeness (QED) is 0.260. The summed E-state index contributed by atoms with van der Waals surface area (Å²) in [6.07, 6.45) is 1.42. The molecule has 0 bridgehead atoms. The highest BCUT2D eigenvalue weighted by molar-refractivity contribution is 9.10. The van der Waals surface area contributed by atoms with Crippen molar-refractivity contribution < 1.29 is 9.15 Å². The van der Waals surface area contributed by atoms with Gasteiger partial charge in [0.05, 0.1) is 10.9 Å². The second-order valence-electron chi connectivity index (χ2n) is 8.55. The lowest BCUT2D eigenvalue weighted by atomic mass is 9.99. The zero-order valence-corrected chi connectivity index (χ0v) is 21.2. The van der Waals surface area contributed by atoms with Crippen LogP contribution in [0.2, 0.25) is 0 Å². The lowest BCUT2D eigenvalue weighted by Gasteiger charge is -2.18. The topological polar surface area (TPSA) is 93.9 Å². The molecule has 5 aromatic rings. The Labute approximate surface area is 209 Å². The Hall–Kier alpha value is -3.96. The van der Waals surface area contributed by atoms with E-state index in [0.29, 0.717) is 38.2 Å². The van der Waals surface area contributed by atoms with Gasteiger partial charge in [0.1, 0.15) is 28.1 Å². The fraction of sp³-hybridized carbons (Fsp3) is 0.185. The highest BCUT2D eigenvalue weighted by Crippen LogP contribution is 2.34. The van der Waals surface area contributed by atoms with Gasteiger partial charge >= 0.3 is 0 Å². The van der Waals surface area contributed by atoms with Crippen LogP contribution >= 0.6 is 15.9 Å². The Morgan fingerprint density at radius 2 is 1.97 bits per heavy atom. The lowest BCUT2D eigenvalue weighted by Crippen LogP contribution is -2.11. The zero-order valence-electron chi connectivity index (χ0n) is 19.6. The molecule has 2 aromatic carbocycles. The average molecular weight is 529 g/mol. The van der Waals surface area contributed by atoms with Crippen LogP contribution in [-0.4, -0.2) is 14.8 Å². The number of aryl methyl sites for hydroxylation is 2. The van der Waals surface area contributed by atoms with Crippen LogP contribution in [0.1, 0.15) is 35.4 Å². The zero-order chi connectivity index (χ0) is 24.9. The van der Waals surface area contributed by atoms with Crippen LogP contribution in [0.4, 0.5) is 0 Å². The molecule has 0 aliphatic carbocycles. The summed E-state index contributed by atoms with van der Waals surface area (Å²) in [6.45, 7) is 5.57. The molecule has 8 heteroatoms. The van der Waals surface area contributed by atoms with Gasteiger partial charge in [-0.3, -0.25) is 9.48 Å². The van der Waals surface area contributed by atoms with E-state index in [1.54, 1.807) is 23.7 Å². The Morgan fingerprint density at radius 1 is 1.17 bits per heavy atom. The number of aromatic nitrogens is 3. The number of nitrogens with zero attached hydrogens (tertiary/aromatic N) is 4. The monoisotopic (exact) mass is 528 g/mol. The van der Waals surface area contributed by atoms with Gasteiger partial charge in [0, 0.05) is 35.3 Å². The third-order valence-electron chi connectivity index (χ3n) is 5.94. The predicted molar refractivity (Wildman–Crippen MR) is 137 cm³/mol. The molecular weight excluding hydrogens is 508 g/mol. The van der Waals surface area contributed by atoms with Gasteiger partial charge in [-0.05, 0) is 84.7 Å². The molecule has 0 radical (unpaired) electrons. The Kier molecular flexibility index (Phi) is 5.65. The summed E-state index contributed by atoms with van der Waals surface area (Å²) in [6, 6.07) is 15.0. The highest BCUT2D eigenvalue weighted by Gasteiger charge is 2.21. The Morgan fingerprint density at radius 3 is 2.74 bits per heavy atom. The van der Waals surface area contributed by atoms with Crippen LogP contribution in [0, 0.1) is 25.2 Å². The van der Waals surface area contributed by atoms with Gasteiger partial charge in [-0.15, -0.1) is 0 Å². The predicted octanol–water partition coefficient (Wildman–Crippen LogP) is 6.13. The molecule has 0 unspecified atom stereocenters. The first kappa shape index (κ1) is 22.8. The maximum Gasteiger partial charge on any atom is 0.196 e. The van der Waals surface area contributed by atoms with E-state index in [1.165, 1.54) is 0 Å². The van der Waals surface area contributed by atoms with E-state index >= 15 is 0 Å². The van der Waals surface area contributed by atoms with E-state index in [1.807, 2.05) is 57.4 Å². The SMILES string of the molecule is Cc1cc([C@@H](C)Oc2ccc(Br)nc2C#N)c2oc(-c3ccc4nn(C)cc4c3)c(C)c(=O)c2c1. The standard InChI is InChI=1S/C27H21BrN4O3/c1-14-9-19(16(3)34-23-7-8-24(28)30-22(23)12-29)27-20(10-14)25(33)15(2)26(35-27)17-5-6-21-18(11-17)13-32(4)31-21/h5-11,13,16H,1-4H3/t16-/m1/s1. The summed E-state index contributed by atoms with van der Waals surface area (Å²) in [5.41, 5.74) is 4.37. The fourth-order valence-electron chi connectivity index (χ4n) is 4.29. The van der Waals surface area contributed by atoms with Gasteiger partial charge in [-0.1, -0.05) is 0 Å². The number of benzene rings is 2.